The van der Waals surface area contributed by atoms with Gasteiger partial charge in [-0.2, -0.15) is 23.3 Å². The van der Waals surface area contributed by atoms with Crippen LogP contribution in [0.4, 0.5) is 18.9 Å². The highest BCUT2D eigenvalue weighted by atomic mass is 32.2. The average molecular weight is 399 g/mol. The number of nitrogens with one attached hydrogen (secondary N) is 1. The van der Waals surface area contributed by atoms with Crippen molar-refractivity contribution in [3.8, 4) is 11.8 Å². The number of halogens is 3. The number of nitrogens with zero attached hydrogens (tertiary/aromatic N) is 4. The summed E-state index contributed by atoms with van der Waals surface area (Å²) in [5, 5.41) is 13.8. The molecule has 0 fully saturated rings. The largest absolute Gasteiger partial charge is 0.492 e. The van der Waals surface area contributed by atoms with E-state index in [2.05, 4.69) is 19.8 Å². The lowest BCUT2D eigenvalue weighted by atomic mass is 10.1. The molecule has 1 aromatic carbocycles. The zero-order chi connectivity index (χ0) is 19.7. The van der Waals surface area contributed by atoms with Crippen LogP contribution < -0.4 is 4.72 Å². The second kappa shape index (κ2) is 6.87. The molecule has 0 radical (unpaired) electrons. The summed E-state index contributed by atoms with van der Waals surface area (Å²) in [5.74, 6) is -1.18. The Kier molecular flexibility index (Phi) is 4.74. The molecule has 0 amide bonds. The molecule has 2 N–H and O–H groups in total. The zero-order valence-corrected chi connectivity index (χ0v) is 14.2. The van der Waals surface area contributed by atoms with Crippen molar-refractivity contribution in [2.75, 3.05) is 4.72 Å². The first-order valence-corrected chi connectivity index (χ1v) is 9.02. The monoisotopic (exact) mass is 399 g/mol. The fraction of sp³-hybridized carbons (Fsp3) is 0.133. The highest BCUT2D eigenvalue weighted by Gasteiger charge is 2.30. The number of aromatic hydroxyl groups is 1. The standard InChI is InChI=1S/C15H12F3N5O3S/c16-15(17,18)11-4-2-10(3-5-11)9-27(25,26)22-12-8-19-14(21-13(12)24)23-7-1-6-20-23/h1-8,22H,9H2,(H,19,21,24). The Morgan fingerprint density at radius 1 is 1.19 bits per heavy atom. The molecule has 0 saturated carbocycles. The van der Waals surface area contributed by atoms with Gasteiger partial charge >= 0.3 is 6.18 Å². The second-order valence-corrected chi connectivity index (χ2v) is 7.14. The summed E-state index contributed by atoms with van der Waals surface area (Å²) in [6, 6.07) is 5.34. The van der Waals surface area contributed by atoms with E-state index >= 15 is 0 Å². The van der Waals surface area contributed by atoms with Crippen LogP contribution in [0.1, 0.15) is 11.1 Å². The maximum absolute atomic E-state index is 12.5. The van der Waals surface area contributed by atoms with E-state index in [4.69, 9.17) is 0 Å². The van der Waals surface area contributed by atoms with Crippen molar-refractivity contribution >= 4 is 15.7 Å². The van der Waals surface area contributed by atoms with Gasteiger partial charge in [-0.1, -0.05) is 12.1 Å². The lowest BCUT2D eigenvalue weighted by molar-refractivity contribution is -0.137. The molecule has 142 valence electrons. The number of sulfonamides is 1. The molecule has 8 nitrogen and oxygen atoms in total. The van der Waals surface area contributed by atoms with Crippen molar-refractivity contribution in [1.29, 1.82) is 0 Å². The minimum absolute atomic E-state index is 0.0307. The Bertz CT molecular complexity index is 1040. The van der Waals surface area contributed by atoms with Crippen molar-refractivity contribution in [1.82, 2.24) is 19.7 Å². The molecule has 2 aromatic heterocycles. The van der Waals surface area contributed by atoms with Crippen LogP contribution >= 0.6 is 0 Å². The molecular formula is C15H12F3N5O3S. The molecule has 12 heteroatoms. The average Bonchev–Trinajstić information content (AvgIpc) is 3.10. The number of aromatic nitrogens is 4. The number of hydrogen-bond donors (Lipinski definition) is 2. The van der Waals surface area contributed by atoms with Gasteiger partial charge in [-0.05, 0) is 23.8 Å². The van der Waals surface area contributed by atoms with E-state index in [9.17, 15) is 26.7 Å². The van der Waals surface area contributed by atoms with Crippen LogP contribution in [0, 0.1) is 0 Å². The Morgan fingerprint density at radius 3 is 2.44 bits per heavy atom. The van der Waals surface area contributed by atoms with Crippen molar-refractivity contribution in [2.45, 2.75) is 11.9 Å². The third-order valence-electron chi connectivity index (χ3n) is 3.37. The van der Waals surface area contributed by atoms with Gasteiger partial charge in [0.2, 0.25) is 15.9 Å². The first kappa shape index (κ1) is 18.6. The molecular weight excluding hydrogens is 387 g/mol. The summed E-state index contributed by atoms with van der Waals surface area (Å²) >= 11 is 0. The smallest absolute Gasteiger partial charge is 0.416 e. The maximum atomic E-state index is 12.5. The number of anilines is 1. The van der Waals surface area contributed by atoms with E-state index in [1.165, 1.54) is 17.1 Å². The molecule has 0 spiro atoms. The number of alkyl halides is 3. The van der Waals surface area contributed by atoms with Gasteiger partial charge in [-0.3, -0.25) is 4.72 Å². The van der Waals surface area contributed by atoms with Crippen LogP contribution in [0.5, 0.6) is 5.88 Å². The van der Waals surface area contributed by atoms with Crippen LogP contribution in [0.25, 0.3) is 5.95 Å². The van der Waals surface area contributed by atoms with Gasteiger partial charge in [0.05, 0.1) is 17.5 Å². The van der Waals surface area contributed by atoms with Crippen molar-refractivity contribution < 1.29 is 26.7 Å². The van der Waals surface area contributed by atoms with E-state index in [1.54, 1.807) is 6.07 Å². The second-order valence-electron chi connectivity index (χ2n) is 5.41. The van der Waals surface area contributed by atoms with E-state index in [0.717, 1.165) is 30.5 Å². The van der Waals surface area contributed by atoms with Crippen molar-refractivity contribution in [3.05, 3.63) is 60.0 Å². The number of hydrogen-bond acceptors (Lipinski definition) is 6. The third-order valence-corrected chi connectivity index (χ3v) is 4.61. The van der Waals surface area contributed by atoms with Gasteiger partial charge < -0.3 is 5.11 Å². The molecule has 2 heterocycles. The molecule has 0 aliphatic carbocycles. The van der Waals surface area contributed by atoms with Gasteiger partial charge in [0, 0.05) is 12.4 Å². The molecule has 3 aromatic rings. The molecule has 27 heavy (non-hydrogen) atoms. The minimum atomic E-state index is -4.50. The molecule has 0 unspecified atom stereocenters. The quantitative estimate of drug-likeness (QED) is 0.681. The normalized spacial score (nSPS) is 12.1. The van der Waals surface area contributed by atoms with E-state index in [-0.39, 0.29) is 17.2 Å². The summed E-state index contributed by atoms with van der Waals surface area (Å²) in [4.78, 5) is 7.63. The fourth-order valence-electron chi connectivity index (χ4n) is 2.15. The van der Waals surface area contributed by atoms with E-state index < -0.39 is 33.4 Å². The minimum Gasteiger partial charge on any atom is -0.492 e. The summed E-state index contributed by atoms with van der Waals surface area (Å²) in [6.45, 7) is 0. The Labute approximate surface area is 151 Å². The first-order valence-electron chi connectivity index (χ1n) is 7.37. The summed E-state index contributed by atoms with van der Waals surface area (Å²) in [6.07, 6.45) is -0.441. The highest BCUT2D eigenvalue weighted by Crippen LogP contribution is 2.29. The van der Waals surface area contributed by atoms with E-state index in [1.807, 2.05) is 0 Å². The molecule has 0 bridgehead atoms. The molecule has 0 saturated heterocycles. The SMILES string of the molecule is O=S(=O)(Cc1ccc(C(F)(F)F)cc1)Nc1cnc(-n2cccn2)nc1O. The first-order chi connectivity index (χ1) is 12.6. The van der Waals surface area contributed by atoms with Crippen LogP contribution in [-0.2, 0) is 22.0 Å². The van der Waals surface area contributed by atoms with Gasteiger partial charge in [-0.15, -0.1) is 0 Å². The van der Waals surface area contributed by atoms with Gasteiger partial charge in [0.1, 0.15) is 5.69 Å². The number of benzene rings is 1. The molecule has 0 atom stereocenters. The third kappa shape index (κ3) is 4.53. The molecule has 0 aliphatic rings. The van der Waals surface area contributed by atoms with Crippen LogP contribution in [0.3, 0.4) is 0 Å². The summed E-state index contributed by atoms with van der Waals surface area (Å²) in [7, 11) is -4.02. The predicted octanol–water partition coefficient (Wildman–Crippen LogP) is 2.33. The van der Waals surface area contributed by atoms with Crippen molar-refractivity contribution in [2.24, 2.45) is 0 Å². The Balaban J connectivity index is 1.74. The topological polar surface area (TPSA) is 110 Å². The summed E-state index contributed by atoms with van der Waals surface area (Å²) < 4.78 is 65.4. The van der Waals surface area contributed by atoms with Crippen molar-refractivity contribution in [3.63, 3.8) is 0 Å². The van der Waals surface area contributed by atoms with Gasteiger partial charge in [0.15, 0.2) is 0 Å². The lowest BCUT2D eigenvalue weighted by Gasteiger charge is -2.11. The fourth-order valence-corrected chi connectivity index (χ4v) is 3.33. The summed E-state index contributed by atoms with van der Waals surface area (Å²) in [5.41, 5.74) is -1.00. The Morgan fingerprint density at radius 2 is 1.89 bits per heavy atom. The molecule has 0 aliphatic heterocycles. The van der Waals surface area contributed by atoms with Crippen LogP contribution in [0.2, 0.25) is 0 Å². The Hall–Kier alpha value is -3.15. The van der Waals surface area contributed by atoms with Gasteiger partial charge in [0.25, 0.3) is 5.95 Å². The number of rotatable bonds is 5. The highest BCUT2D eigenvalue weighted by molar-refractivity contribution is 7.91. The maximum Gasteiger partial charge on any atom is 0.416 e. The lowest BCUT2D eigenvalue weighted by Crippen LogP contribution is -2.16. The van der Waals surface area contributed by atoms with E-state index in [0.29, 0.717) is 0 Å². The zero-order valence-electron chi connectivity index (χ0n) is 13.4. The van der Waals surface area contributed by atoms with Crippen LogP contribution in [0.15, 0.2) is 48.9 Å². The molecule has 3 rings (SSSR count). The predicted molar refractivity (Wildman–Crippen MR) is 88.5 cm³/mol. The van der Waals surface area contributed by atoms with Gasteiger partial charge in [-0.25, -0.2) is 18.1 Å². The van der Waals surface area contributed by atoms with Crippen LogP contribution in [-0.4, -0.2) is 33.3 Å².